The molecule has 1 N–H and O–H groups in total. The van der Waals surface area contributed by atoms with Crippen molar-refractivity contribution in [3.05, 3.63) is 15.6 Å². The largest absolute Gasteiger partial charge is 0.371 e. The lowest BCUT2D eigenvalue weighted by Gasteiger charge is -2.28. The van der Waals surface area contributed by atoms with Crippen molar-refractivity contribution in [2.75, 3.05) is 13.2 Å². The van der Waals surface area contributed by atoms with Crippen LogP contribution < -0.4 is 5.32 Å². The molecule has 1 aromatic heterocycles. The van der Waals surface area contributed by atoms with Crippen LogP contribution in [-0.4, -0.2) is 18.1 Å². The second kappa shape index (κ2) is 6.64. The molecule has 0 aliphatic carbocycles. The number of rotatable bonds is 6. The van der Waals surface area contributed by atoms with Gasteiger partial charge in [-0.1, -0.05) is 27.7 Å². The first-order chi connectivity index (χ1) is 8.40. The van der Waals surface area contributed by atoms with Gasteiger partial charge in [-0.2, -0.15) is 0 Å². The van der Waals surface area contributed by atoms with Crippen molar-refractivity contribution in [3.8, 4) is 0 Å². The molecule has 0 saturated heterocycles. The molecule has 0 fully saturated rings. The van der Waals surface area contributed by atoms with Gasteiger partial charge in [-0.05, 0) is 25.8 Å². The summed E-state index contributed by atoms with van der Waals surface area (Å²) in [6.07, 6.45) is 0.0848. The zero-order valence-electron chi connectivity index (χ0n) is 12.5. The number of aryl methyl sites for hydroxylation is 1. The molecule has 0 amide bonds. The van der Waals surface area contributed by atoms with Gasteiger partial charge < -0.3 is 10.1 Å². The number of aromatic nitrogens is 1. The van der Waals surface area contributed by atoms with E-state index in [-0.39, 0.29) is 11.5 Å². The minimum atomic E-state index is 0.0791. The third kappa shape index (κ3) is 4.04. The van der Waals surface area contributed by atoms with E-state index >= 15 is 0 Å². The molecular weight excluding hydrogens is 244 g/mol. The molecule has 0 radical (unpaired) electrons. The topological polar surface area (TPSA) is 34.1 Å². The lowest BCUT2D eigenvalue weighted by molar-refractivity contribution is -0.0134. The van der Waals surface area contributed by atoms with Crippen molar-refractivity contribution in [1.29, 1.82) is 0 Å². The van der Waals surface area contributed by atoms with Crippen LogP contribution in [0.1, 0.15) is 56.3 Å². The Balaban J connectivity index is 2.92. The molecule has 0 aliphatic heterocycles. The maximum Gasteiger partial charge on any atom is 0.123 e. The minimum Gasteiger partial charge on any atom is -0.371 e. The van der Waals surface area contributed by atoms with E-state index in [0.29, 0.717) is 0 Å². The maximum atomic E-state index is 5.89. The molecule has 18 heavy (non-hydrogen) atoms. The van der Waals surface area contributed by atoms with Crippen molar-refractivity contribution < 1.29 is 4.74 Å². The summed E-state index contributed by atoms with van der Waals surface area (Å²) in [6, 6.07) is 0. The van der Waals surface area contributed by atoms with Crippen LogP contribution in [0.25, 0.3) is 0 Å². The Morgan fingerprint density at radius 3 is 2.50 bits per heavy atom. The average molecular weight is 270 g/mol. The number of nitrogens with one attached hydrogen (secondary N) is 1. The van der Waals surface area contributed by atoms with Crippen molar-refractivity contribution in [1.82, 2.24) is 10.3 Å². The normalized spacial score (nSPS) is 13.9. The van der Waals surface area contributed by atoms with E-state index < -0.39 is 0 Å². The maximum absolute atomic E-state index is 5.89. The third-order valence-corrected chi connectivity index (χ3v) is 3.99. The molecule has 1 unspecified atom stereocenters. The first-order valence-electron chi connectivity index (χ1n) is 6.68. The van der Waals surface area contributed by atoms with Gasteiger partial charge in [0, 0.05) is 18.0 Å². The quantitative estimate of drug-likeness (QED) is 0.856. The van der Waals surface area contributed by atoms with E-state index in [4.69, 9.17) is 9.72 Å². The molecule has 1 aromatic rings. The predicted molar refractivity (Wildman–Crippen MR) is 78.1 cm³/mol. The summed E-state index contributed by atoms with van der Waals surface area (Å²) in [5, 5.41) is 4.46. The van der Waals surface area contributed by atoms with Gasteiger partial charge in [-0.3, -0.25) is 0 Å². The minimum absolute atomic E-state index is 0.0791. The Hall–Kier alpha value is -0.450. The molecule has 1 atom stereocenters. The van der Waals surface area contributed by atoms with Crippen LogP contribution in [0.3, 0.4) is 0 Å². The van der Waals surface area contributed by atoms with Crippen LogP contribution in [0.2, 0.25) is 0 Å². The Bertz CT molecular complexity index is 368. The first kappa shape index (κ1) is 15.6. The van der Waals surface area contributed by atoms with E-state index in [9.17, 15) is 0 Å². The molecule has 0 saturated carbocycles. The number of nitrogens with zero attached hydrogens (tertiary/aromatic N) is 1. The second-order valence-electron chi connectivity index (χ2n) is 5.54. The second-order valence-corrected chi connectivity index (χ2v) is 6.66. The molecule has 0 aromatic carbocycles. The number of ether oxygens (including phenoxy) is 1. The molecule has 4 heteroatoms. The van der Waals surface area contributed by atoms with Crippen molar-refractivity contribution >= 4 is 11.3 Å². The molecule has 104 valence electrons. The summed E-state index contributed by atoms with van der Waals surface area (Å²) >= 11 is 1.78. The Labute approximate surface area is 115 Å². The van der Waals surface area contributed by atoms with Gasteiger partial charge in [0.15, 0.2) is 0 Å². The highest BCUT2D eigenvalue weighted by Crippen LogP contribution is 2.38. The van der Waals surface area contributed by atoms with E-state index in [1.54, 1.807) is 11.3 Å². The molecule has 0 bridgehead atoms. The predicted octanol–water partition coefficient (Wildman–Crippen LogP) is 3.68. The molecule has 1 heterocycles. The summed E-state index contributed by atoms with van der Waals surface area (Å²) in [5.74, 6) is 0. The summed E-state index contributed by atoms with van der Waals surface area (Å²) < 4.78 is 5.89. The van der Waals surface area contributed by atoms with Crippen LogP contribution in [0.4, 0.5) is 0 Å². The summed E-state index contributed by atoms with van der Waals surface area (Å²) in [5.41, 5.74) is 1.21. The Morgan fingerprint density at radius 2 is 2.00 bits per heavy atom. The fraction of sp³-hybridized carbons (Fsp3) is 0.786. The van der Waals surface area contributed by atoms with Crippen molar-refractivity contribution in [2.45, 2.75) is 54.2 Å². The van der Waals surface area contributed by atoms with Gasteiger partial charge in [0.25, 0.3) is 0 Å². The Morgan fingerprint density at radius 1 is 1.33 bits per heavy atom. The SMILES string of the molecule is CCNCc1sc(C(OCC)C(C)(C)C)nc1C. The summed E-state index contributed by atoms with van der Waals surface area (Å²) in [6.45, 7) is 15.5. The molecule has 3 nitrogen and oxygen atoms in total. The smallest absolute Gasteiger partial charge is 0.123 e. The monoisotopic (exact) mass is 270 g/mol. The zero-order valence-corrected chi connectivity index (χ0v) is 13.3. The number of hydrogen-bond donors (Lipinski definition) is 1. The zero-order chi connectivity index (χ0) is 13.8. The molecular formula is C14H26N2OS. The number of hydrogen-bond acceptors (Lipinski definition) is 4. The molecule has 0 aliphatic rings. The van der Waals surface area contributed by atoms with Crippen LogP contribution >= 0.6 is 11.3 Å². The highest BCUT2D eigenvalue weighted by Gasteiger charge is 2.30. The Kier molecular flexibility index (Phi) is 5.76. The highest BCUT2D eigenvalue weighted by atomic mass is 32.1. The summed E-state index contributed by atoms with van der Waals surface area (Å²) in [4.78, 5) is 6.02. The average Bonchev–Trinajstić information content (AvgIpc) is 2.63. The highest BCUT2D eigenvalue weighted by molar-refractivity contribution is 7.11. The van der Waals surface area contributed by atoms with Gasteiger partial charge in [-0.15, -0.1) is 11.3 Å². The van der Waals surface area contributed by atoms with E-state index in [1.807, 2.05) is 6.92 Å². The lowest BCUT2D eigenvalue weighted by Crippen LogP contribution is -2.21. The van der Waals surface area contributed by atoms with Crippen molar-refractivity contribution in [3.63, 3.8) is 0 Å². The molecule has 0 spiro atoms. The fourth-order valence-corrected chi connectivity index (χ4v) is 3.15. The van der Waals surface area contributed by atoms with E-state index in [0.717, 1.165) is 30.4 Å². The van der Waals surface area contributed by atoms with Crippen LogP contribution in [0, 0.1) is 12.3 Å². The van der Waals surface area contributed by atoms with Crippen LogP contribution in [0.15, 0.2) is 0 Å². The number of thiazole rings is 1. The first-order valence-corrected chi connectivity index (χ1v) is 7.50. The van der Waals surface area contributed by atoms with Gasteiger partial charge in [0.05, 0.1) is 5.69 Å². The van der Waals surface area contributed by atoms with Crippen LogP contribution in [0.5, 0.6) is 0 Å². The van der Waals surface area contributed by atoms with E-state index in [2.05, 4.69) is 39.9 Å². The van der Waals surface area contributed by atoms with Crippen LogP contribution in [-0.2, 0) is 11.3 Å². The van der Waals surface area contributed by atoms with Gasteiger partial charge in [0.1, 0.15) is 11.1 Å². The summed E-state index contributed by atoms with van der Waals surface area (Å²) in [7, 11) is 0. The standard InChI is InChI=1S/C14H26N2OS/c1-7-15-9-11-10(3)16-13(18-11)12(17-8-2)14(4,5)6/h12,15H,7-9H2,1-6H3. The lowest BCUT2D eigenvalue weighted by atomic mass is 9.89. The van der Waals surface area contributed by atoms with Gasteiger partial charge >= 0.3 is 0 Å². The van der Waals surface area contributed by atoms with Gasteiger partial charge in [0.2, 0.25) is 0 Å². The molecule has 1 rings (SSSR count). The van der Waals surface area contributed by atoms with Crippen molar-refractivity contribution in [2.24, 2.45) is 5.41 Å². The van der Waals surface area contributed by atoms with E-state index in [1.165, 1.54) is 4.88 Å². The van der Waals surface area contributed by atoms with Gasteiger partial charge in [-0.25, -0.2) is 4.98 Å². The fourth-order valence-electron chi connectivity index (χ4n) is 1.82. The third-order valence-electron chi connectivity index (χ3n) is 2.79.